The molecule has 336 valence electrons. The lowest BCUT2D eigenvalue weighted by atomic mass is 9.71. The molecule has 1 saturated heterocycles. The minimum Gasteiger partial charge on any atom is -0.456 e. The molecule has 1 aliphatic heterocycles. The topological polar surface area (TPSA) is 174 Å². The Kier molecular flexibility index (Phi) is 14.6. The van der Waals surface area contributed by atoms with E-state index >= 15 is 0 Å². The van der Waals surface area contributed by atoms with Crippen molar-refractivity contribution in [3.8, 4) is 22.6 Å². The first-order valence-electron chi connectivity index (χ1n) is 23.4. The lowest BCUT2D eigenvalue weighted by molar-refractivity contribution is -0.138. The number of rotatable bonds is 17. The van der Waals surface area contributed by atoms with Gasteiger partial charge < -0.3 is 35.8 Å². The van der Waals surface area contributed by atoms with Crippen LogP contribution in [0.15, 0.2) is 81.6 Å². The Morgan fingerprint density at radius 2 is 1.14 bits per heavy atom. The van der Waals surface area contributed by atoms with E-state index in [1.807, 2.05) is 82.8 Å². The maximum Gasteiger partial charge on any atom is 0.245 e. The summed E-state index contributed by atoms with van der Waals surface area (Å²) in [6, 6.07) is 21.9. The first kappa shape index (κ1) is 45.8. The van der Waals surface area contributed by atoms with Crippen LogP contribution in [0.25, 0.3) is 44.6 Å². The lowest BCUT2D eigenvalue weighted by Crippen LogP contribution is -2.55. The number of benzene rings is 3. The van der Waals surface area contributed by atoms with Crippen LogP contribution in [-0.4, -0.2) is 65.2 Å². The number of carbonyl (C=O) groups is 4. The normalized spacial score (nSPS) is 20.0. The maximum atomic E-state index is 14.4. The number of hydrogen-bond acceptors (Lipinski definition) is 8. The van der Waals surface area contributed by atoms with Gasteiger partial charge in [-0.15, -0.1) is 0 Å². The number of carbonyl (C=O) groups excluding carboxylic acids is 4. The third kappa shape index (κ3) is 9.80. The molecule has 6 N–H and O–H groups in total. The summed E-state index contributed by atoms with van der Waals surface area (Å²) in [4.78, 5) is 56.2. The van der Waals surface area contributed by atoms with Gasteiger partial charge in [0.05, 0.1) is 18.1 Å². The Bertz CT molecular complexity index is 2400. The highest BCUT2D eigenvalue weighted by atomic mass is 16.3. The smallest absolute Gasteiger partial charge is 0.245 e. The molecule has 1 unspecified atom stereocenters. The zero-order valence-electron chi connectivity index (χ0n) is 38.0. The molecule has 0 radical (unpaired) electrons. The molecule has 11 heteroatoms. The van der Waals surface area contributed by atoms with Gasteiger partial charge in [-0.05, 0) is 81.3 Å². The zero-order valence-corrected chi connectivity index (χ0v) is 38.0. The standard InChI is InChI=1S/C52H67N5O6/c1-7-41(53)50(59)55-45(30(3)4)47(58)36-18-10-9-16-34(36)28-39-37-19-11-13-21-43(37)62-48(39)32-23-25-33(26-24-32)49-40(38-20-12-14-22-44(38)63-49)29-35-17-15-27-57(35)52(61)46(31(5)6)56-51(60)42(54)8-2/h11-14,19-26,30-31,34-36,41-42,45-46H,7-10,15-18,27-29,53-54H2,1-6H3,(H,55,59)(H,56,60)/t34-,35-,36?,41-,42-,45-,46-/m0/s1. The summed E-state index contributed by atoms with van der Waals surface area (Å²) in [6.07, 6.45) is 7.73. The van der Waals surface area contributed by atoms with E-state index in [0.29, 0.717) is 32.2 Å². The number of furan rings is 2. The fourth-order valence-electron chi connectivity index (χ4n) is 9.89. The number of likely N-dealkylation sites (tertiary alicyclic amines) is 1. The summed E-state index contributed by atoms with van der Waals surface area (Å²) < 4.78 is 13.3. The molecular formula is C52H67N5O6. The third-order valence-electron chi connectivity index (χ3n) is 13.7. The zero-order chi connectivity index (χ0) is 44.9. The Hall–Kier alpha value is -5.26. The molecule has 63 heavy (non-hydrogen) atoms. The van der Waals surface area contributed by atoms with Crippen molar-refractivity contribution in [3.05, 3.63) is 83.9 Å². The Labute approximate surface area is 372 Å². The highest BCUT2D eigenvalue weighted by Gasteiger charge is 2.39. The first-order chi connectivity index (χ1) is 30.3. The van der Waals surface area contributed by atoms with Gasteiger partial charge in [-0.2, -0.15) is 0 Å². The molecule has 0 bridgehead atoms. The molecule has 3 aromatic carbocycles. The van der Waals surface area contributed by atoms with Gasteiger partial charge in [0.2, 0.25) is 17.7 Å². The molecule has 3 amide bonds. The van der Waals surface area contributed by atoms with Crippen molar-refractivity contribution in [2.24, 2.45) is 35.1 Å². The molecule has 7 atom stereocenters. The maximum absolute atomic E-state index is 14.4. The molecule has 1 aliphatic carbocycles. The minimum absolute atomic E-state index is 0.0643. The number of fused-ring (bicyclic) bond motifs is 2. The summed E-state index contributed by atoms with van der Waals surface area (Å²) in [5.41, 5.74) is 17.7. The van der Waals surface area contributed by atoms with E-state index in [4.69, 9.17) is 20.3 Å². The summed E-state index contributed by atoms with van der Waals surface area (Å²) >= 11 is 0. The number of ketones is 1. The fourth-order valence-corrected chi connectivity index (χ4v) is 9.89. The highest BCUT2D eigenvalue weighted by Crippen LogP contribution is 2.42. The number of para-hydroxylation sites is 2. The molecule has 11 nitrogen and oxygen atoms in total. The first-order valence-corrected chi connectivity index (χ1v) is 23.4. The van der Waals surface area contributed by atoms with Crippen molar-refractivity contribution in [1.29, 1.82) is 0 Å². The predicted molar refractivity (Wildman–Crippen MR) is 250 cm³/mol. The number of nitrogens with zero attached hydrogens (tertiary/aromatic N) is 1. The number of hydrogen-bond donors (Lipinski definition) is 4. The van der Waals surface area contributed by atoms with Gasteiger partial charge >= 0.3 is 0 Å². The van der Waals surface area contributed by atoms with Crippen molar-refractivity contribution < 1.29 is 28.0 Å². The molecule has 7 rings (SSSR count). The van der Waals surface area contributed by atoms with E-state index in [9.17, 15) is 19.2 Å². The average molecular weight is 858 g/mol. The van der Waals surface area contributed by atoms with Gasteiger partial charge in [-0.3, -0.25) is 19.2 Å². The van der Waals surface area contributed by atoms with Crippen LogP contribution in [0.2, 0.25) is 0 Å². The van der Waals surface area contributed by atoms with Crippen LogP contribution in [0.1, 0.15) is 104 Å². The van der Waals surface area contributed by atoms with E-state index in [0.717, 1.165) is 94.2 Å². The van der Waals surface area contributed by atoms with Gasteiger partial charge in [0.25, 0.3) is 0 Å². The van der Waals surface area contributed by atoms with Gasteiger partial charge in [-0.25, -0.2) is 0 Å². The molecule has 0 spiro atoms. The molecule has 3 heterocycles. The van der Waals surface area contributed by atoms with E-state index in [2.05, 4.69) is 47.0 Å². The Balaban J connectivity index is 1.17. The van der Waals surface area contributed by atoms with Gasteiger partial charge in [0.15, 0.2) is 5.78 Å². The molecule has 2 aromatic heterocycles. The Morgan fingerprint density at radius 3 is 1.67 bits per heavy atom. The van der Waals surface area contributed by atoms with Crippen LogP contribution >= 0.6 is 0 Å². The van der Waals surface area contributed by atoms with E-state index < -0.39 is 24.2 Å². The molecular weight excluding hydrogens is 791 g/mol. The second-order valence-corrected chi connectivity index (χ2v) is 18.7. The van der Waals surface area contributed by atoms with Gasteiger partial charge in [0, 0.05) is 51.5 Å². The summed E-state index contributed by atoms with van der Waals surface area (Å²) in [7, 11) is 0. The third-order valence-corrected chi connectivity index (χ3v) is 13.7. The van der Waals surface area contributed by atoms with Crippen molar-refractivity contribution in [2.75, 3.05) is 6.54 Å². The largest absolute Gasteiger partial charge is 0.456 e. The predicted octanol–water partition coefficient (Wildman–Crippen LogP) is 8.72. The van der Waals surface area contributed by atoms with Gasteiger partial charge in [-0.1, -0.05) is 115 Å². The van der Waals surface area contributed by atoms with E-state index in [1.165, 1.54) is 0 Å². The molecule has 1 saturated carbocycles. The Morgan fingerprint density at radius 1 is 0.651 bits per heavy atom. The average Bonchev–Trinajstić information content (AvgIpc) is 4.02. The van der Waals surface area contributed by atoms with Crippen LogP contribution in [0.3, 0.4) is 0 Å². The van der Waals surface area contributed by atoms with Crippen LogP contribution in [-0.2, 0) is 32.0 Å². The molecule has 2 fully saturated rings. The quantitative estimate of drug-likeness (QED) is 0.0719. The van der Waals surface area contributed by atoms with Gasteiger partial charge in [0.1, 0.15) is 28.7 Å². The minimum atomic E-state index is -0.661. The van der Waals surface area contributed by atoms with Crippen LogP contribution in [0.4, 0.5) is 0 Å². The summed E-state index contributed by atoms with van der Waals surface area (Å²) in [6.45, 7) is 12.2. The van der Waals surface area contributed by atoms with Crippen molar-refractivity contribution in [1.82, 2.24) is 15.5 Å². The second-order valence-electron chi connectivity index (χ2n) is 18.7. The second kappa shape index (κ2) is 20.1. The van der Waals surface area contributed by atoms with E-state index in [1.54, 1.807) is 0 Å². The SMILES string of the molecule is CC[C@H](N)C(=O)N[C@H](C(=O)C1CCCC[C@H]1Cc1c(-c2ccc(-c3oc4ccccc4c3C[C@@H]3CCCN3C(=O)[C@@H](NC(=O)[C@@H](N)CC)C(C)C)cc2)oc2ccccc12)C(C)C. The molecule has 5 aromatic rings. The van der Waals surface area contributed by atoms with Crippen LogP contribution < -0.4 is 22.1 Å². The summed E-state index contributed by atoms with van der Waals surface area (Å²) in [5, 5.41) is 8.03. The number of nitrogens with two attached hydrogens (primary N) is 2. The van der Waals surface area contributed by atoms with Crippen LogP contribution in [0, 0.1) is 23.7 Å². The van der Waals surface area contributed by atoms with Crippen molar-refractivity contribution >= 4 is 45.4 Å². The fraction of sp³-hybridized carbons (Fsp3) is 0.500. The monoisotopic (exact) mass is 858 g/mol. The number of nitrogens with one attached hydrogen (secondary N) is 2. The number of amides is 3. The molecule has 2 aliphatic rings. The van der Waals surface area contributed by atoms with Crippen LogP contribution in [0.5, 0.6) is 0 Å². The van der Waals surface area contributed by atoms with E-state index in [-0.39, 0.29) is 53.2 Å². The highest BCUT2D eigenvalue weighted by molar-refractivity contribution is 5.94. The number of Topliss-reactive ketones (excluding diaryl/α,β-unsaturated/α-hetero) is 1. The van der Waals surface area contributed by atoms with Crippen molar-refractivity contribution in [2.45, 2.75) is 136 Å². The summed E-state index contributed by atoms with van der Waals surface area (Å²) in [5.74, 6) is 0.737. The lowest BCUT2D eigenvalue weighted by Gasteiger charge is -2.34. The van der Waals surface area contributed by atoms with Crippen molar-refractivity contribution in [3.63, 3.8) is 0 Å².